The Morgan fingerprint density at radius 1 is 1.03 bits per heavy atom. The van der Waals surface area contributed by atoms with E-state index in [0.29, 0.717) is 33.8 Å². The highest BCUT2D eigenvalue weighted by atomic mass is 127. The summed E-state index contributed by atoms with van der Waals surface area (Å²) in [7, 11) is 0. The van der Waals surface area contributed by atoms with Gasteiger partial charge in [-0.2, -0.15) is 0 Å². The quantitative estimate of drug-likeness (QED) is 0.195. The van der Waals surface area contributed by atoms with Gasteiger partial charge >= 0.3 is 6.03 Å². The van der Waals surface area contributed by atoms with Crippen molar-refractivity contribution in [3.8, 4) is 11.5 Å². The van der Waals surface area contributed by atoms with Crippen LogP contribution in [0.2, 0.25) is 0 Å². The van der Waals surface area contributed by atoms with Crippen molar-refractivity contribution in [1.82, 2.24) is 5.32 Å². The Balaban J connectivity index is 1.65. The van der Waals surface area contributed by atoms with Crippen molar-refractivity contribution in [1.29, 1.82) is 0 Å². The lowest BCUT2D eigenvalue weighted by Crippen LogP contribution is -2.54. The summed E-state index contributed by atoms with van der Waals surface area (Å²) in [5.41, 5.74) is 1.36. The lowest BCUT2D eigenvalue weighted by atomic mass is 10.1. The van der Waals surface area contributed by atoms with Gasteiger partial charge in [0.25, 0.3) is 11.8 Å². The van der Waals surface area contributed by atoms with Gasteiger partial charge < -0.3 is 9.47 Å². The number of hydrogen-bond acceptors (Lipinski definition) is 5. The van der Waals surface area contributed by atoms with Gasteiger partial charge in [-0.05, 0) is 95.2 Å². The van der Waals surface area contributed by atoms with Gasteiger partial charge in [-0.25, -0.2) is 14.1 Å². The minimum atomic E-state index is -0.907. The molecule has 36 heavy (non-hydrogen) atoms. The highest BCUT2D eigenvalue weighted by Gasteiger charge is 2.36. The number of nitrogens with zero attached hydrogens (tertiary/aromatic N) is 1. The predicted octanol–water partition coefficient (Wildman–Crippen LogP) is 5.84. The van der Waals surface area contributed by atoms with Crippen molar-refractivity contribution in [2.75, 3.05) is 11.5 Å². The molecule has 4 rings (SSSR count). The van der Waals surface area contributed by atoms with Gasteiger partial charge in [-0.1, -0.05) is 28.1 Å². The summed E-state index contributed by atoms with van der Waals surface area (Å²) in [4.78, 5) is 38.8. The van der Waals surface area contributed by atoms with E-state index in [1.54, 1.807) is 12.1 Å². The zero-order chi connectivity index (χ0) is 25.8. The van der Waals surface area contributed by atoms with E-state index in [1.165, 1.54) is 18.2 Å². The average molecular weight is 665 g/mol. The van der Waals surface area contributed by atoms with E-state index in [2.05, 4.69) is 43.8 Å². The number of carbonyl (C=O) groups is 3. The molecule has 4 amide bonds. The van der Waals surface area contributed by atoms with Crippen LogP contribution in [0.3, 0.4) is 0 Å². The number of ether oxygens (including phenoxy) is 2. The molecule has 0 aliphatic carbocycles. The van der Waals surface area contributed by atoms with Crippen LogP contribution in [0.25, 0.3) is 6.08 Å². The third kappa shape index (κ3) is 5.76. The molecule has 3 aromatic rings. The van der Waals surface area contributed by atoms with E-state index in [9.17, 15) is 18.8 Å². The largest absolute Gasteiger partial charge is 0.490 e. The predicted molar refractivity (Wildman–Crippen MR) is 144 cm³/mol. The number of urea groups is 1. The second-order valence-corrected chi connectivity index (χ2v) is 9.69. The van der Waals surface area contributed by atoms with Crippen LogP contribution in [0.4, 0.5) is 14.9 Å². The van der Waals surface area contributed by atoms with Gasteiger partial charge in [0.15, 0.2) is 11.5 Å². The molecule has 0 atom stereocenters. The molecular weight excluding hydrogens is 646 g/mol. The van der Waals surface area contributed by atoms with Crippen LogP contribution in [0.1, 0.15) is 18.1 Å². The molecule has 0 radical (unpaired) electrons. The van der Waals surface area contributed by atoms with Crippen LogP contribution in [0, 0.1) is 9.39 Å². The molecule has 1 aliphatic rings. The minimum absolute atomic E-state index is 0.138. The molecule has 1 aliphatic heterocycles. The zero-order valence-electron chi connectivity index (χ0n) is 18.9. The van der Waals surface area contributed by atoms with Gasteiger partial charge in [0, 0.05) is 4.47 Å². The average Bonchev–Trinajstić information content (AvgIpc) is 2.83. The zero-order valence-corrected chi connectivity index (χ0v) is 22.6. The number of benzene rings is 3. The van der Waals surface area contributed by atoms with E-state index < -0.39 is 23.7 Å². The topological polar surface area (TPSA) is 84.9 Å². The molecule has 0 spiro atoms. The summed E-state index contributed by atoms with van der Waals surface area (Å²) in [6.07, 6.45) is 1.38. The number of hydrogen-bond donors (Lipinski definition) is 1. The van der Waals surface area contributed by atoms with Gasteiger partial charge in [-0.15, -0.1) is 0 Å². The Labute approximate surface area is 228 Å². The van der Waals surface area contributed by atoms with Crippen molar-refractivity contribution in [3.63, 3.8) is 0 Å². The summed E-state index contributed by atoms with van der Waals surface area (Å²) >= 11 is 5.51. The van der Waals surface area contributed by atoms with Crippen molar-refractivity contribution >= 4 is 68.1 Å². The molecule has 1 fully saturated rings. The smallest absolute Gasteiger partial charge is 0.335 e. The molecule has 0 bridgehead atoms. The fourth-order valence-electron chi connectivity index (χ4n) is 3.46. The van der Waals surface area contributed by atoms with Gasteiger partial charge in [-0.3, -0.25) is 14.9 Å². The number of barbiturate groups is 1. The van der Waals surface area contributed by atoms with Gasteiger partial charge in [0.2, 0.25) is 0 Å². The number of carbonyl (C=O) groups excluding carboxylic acids is 3. The number of anilines is 1. The molecule has 184 valence electrons. The molecule has 3 aromatic carbocycles. The first-order valence-electron chi connectivity index (χ1n) is 10.8. The van der Waals surface area contributed by atoms with Crippen LogP contribution in [0.15, 0.2) is 70.7 Å². The summed E-state index contributed by atoms with van der Waals surface area (Å²) in [5, 5.41) is 2.16. The number of halogens is 3. The maximum Gasteiger partial charge on any atom is 0.335 e. The van der Waals surface area contributed by atoms with Gasteiger partial charge in [0.1, 0.15) is 18.0 Å². The van der Waals surface area contributed by atoms with Crippen LogP contribution in [0.5, 0.6) is 11.5 Å². The molecule has 0 unspecified atom stereocenters. The van der Waals surface area contributed by atoms with Crippen LogP contribution < -0.4 is 19.7 Å². The highest BCUT2D eigenvalue weighted by Crippen LogP contribution is 2.36. The molecule has 10 heteroatoms. The Morgan fingerprint density at radius 3 is 2.39 bits per heavy atom. The van der Waals surface area contributed by atoms with Crippen molar-refractivity contribution in [2.24, 2.45) is 0 Å². The molecule has 0 saturated carbocycles. The highest BCUT2D eigenvalue weighted by molar-refractivity contribution is 14.1. The fourth-order valence-corrected chi connectivity index (χ4v) is 4.50. The Morgan fingerprint density at radius 2 is 1.72 bits per heavy atom. The molecule has 0 aromatic heterocycles. The number of nitrogens with one attached hydrogen (secondary N) is 1. The minimum Gasteiger partial charge on any atom is -0.490 e. The van der Waals surface area contributed by atoms with Crippen molar-refractivity contribution < 1.29 is 28.2 Å². The molecule has 1 heterocycles. The summed E-state index contributed by atoms with van der Waals surface area (Å²) < 4.78 is 26.8. The fraction of sp³-hybridized carbons (Fsp3) is 0.115. The Hall–Kier alpha value is -3.25. The third-order valence-corrected chi connectivity index (χ3v) is 6.46. The lowest BCUT2D eigenvalue weighted by molar-refractivity contribution is -0.122. The summed E-state index contributed by atoms with van der Waals surface area (Å²) in [6.45, 7) is 2.53. The van der Waals surface area contributed by atoms with E-state index in [4.69, 9.17) is 9.47 Å². The van der Waals surface area contributed by atoms with Crippen molar-refractivity contribution in [3.05, 3.63) is 91.2 Å². The van der Waals surface area contributed by atoms with Crippen LogP contribution in [-0.2, 0) is 16.2 Å². The second-order valence-electron chi connectivity index (χ2n) is 7.61. The SMILES string of the molecule is CCOc1cc(/C=C2\C(=O)NC(=O)N(c3ccc(F)cc3)C2=O)cc(I)c1OCc1ccc(Br)cc1. The summed E-state index contributed by atoms with van der Waals surface area (Å²) in [5.74, 6) is -1.18. The Kier molecular flexibility index (Phi) is 8.04. The molecular formula is C26H19BrFIN2O5. The third-order valence-electron chi connectivity index (χ3n) is 5.13. The van der Waals surface area contributed by atoms with Gasteiger partial charge in [0.05, 0.1) is 15.9 Å². The van der Waals surface area contributed by atoms with E-state index >= 15 is 0 Å². The molecule has 7 nitrogen and oxygen atoms in total. The first kappa shape index (κ1) is 25.8. The van der Waals surface area contributed by atoms with Crippen LogP contribution in [-0.4, -0.2) is 24.5 Å². The Bertz CT molecular complexity index is 1360. The second kappa shape index (κ2) is 11.2. The maximum atomic E-state index is 13.3. The molecule has 1 saturated heterocycles. The first-order valence-corrected chi connectivity index (χ1v) is 12.6. The number of amides is 4. The number of rotatable bonds is 7. The first-order chi connectivity index (χ1) is 17.3. The van der Waals surface area contributed by atoms with E-state index in [0.717, 1.165) is 27.1 Å². The van der Waals surface area contributed by atoms with Crippen LogP contribution >= 0.6 is 38.5 Å². The maximum absolute atomic E-state index is 13.3. The normalized spacial score (nSPS) is 14.7. The van der Waals surface area contributed by atoms with E-state index in [-0.39, 0.29) is 11.3 Å². The lowest BCUT2D eigenvalue weighted by Gasteiger charge is -2.26. The van der Waals surface area contributed by atoms with E-state index in [1.807, 2.05) is 31.2 Å². The summed E-state index contributed by atoms with van der Waals surface area (Å²) in [6, 6.07) is 15.1. The molecule has 1 N–H and O–H groups in total. The van der Waals surface area contributed by atoms with Crippen molar-refractivity contribution in [2.45, 2.75) is 13.5 Å². The standard InChI is InChI=1S/C26H19BrFIN2O5/c1-2-35-22-13-16(12-21(29)23(22)36-14-15-3-5-17(27)6-4-15)11-20-24(32)30-26(34)31(25(20)33)19-9-7-18(28)8-10-19/h3-13H,2,14H2,1H3,(H,30,32,34)/b20-11+. The monoisotopic (exact) mass is 664 g/mol. The number of imide groups is 2.